The minimum atomic E-state index is -0.123. The third-order valence-electron chi connectivity index (χ3n) is 3.39. The highest BCUT2D eigenvalue weighted by atomic mass is 19.1. The molecule has 0 saturated carbocycles. The van der Waals surface area contributed by atoms with Crippen molar-refractivity contribution in [1.82, 2.24) is 0 Å². The molecular weight excluding hydrogens is 177 g/mol. The molecule has 0 amide bonds. The summed E-state index contributed by atoms with van der Waals surface area (Å²) < 4.78 is 13.0. The molecule has 0 bridgehead atoms. The first-order valence-electron chi connectivity index (χ1n) is 5.20. The van der Waals surface area contributed by atoms with Gasteiger partial charge in [-0.25, -0.2) is 4.39 Å². The Morgan fingerprint density at radius 2 is 2.29 bits per heavy atom. The molecule has 1 aromatic carbocycles. The first-order valence-corrected chi connectivity index (χ1v) is 5.20. The molecule has 76 valence electrons. The lowest BCUT2D eigenvalue weighted by Gasteiger charge is -2.30. The van der Waals surface area contributed by atoms with E-state index in [1.165, 1.54) is 11.1 Å². The van der Waals surface area contributed by atoms with Crippen molar-refractivity contribution in [3.8, 4) is 0 Å². The van der Waals surface area contributed by atoms with Crippen molar-refractivity contribution in [2.75, 3.05) is 6.54 Å². The number of hydrogen-bond donors (Lipinski definition) is 1. The predicted octanol–water partition coefficient (Wildman–Crippen LogP) is 2.45. The Kier molecular flexibility index (Phi) is 2.55. The number of halogens is 1. The van der Waals surface area contributed by atoms with E-state index in [-0.39, 0.29) is 5.82 Å². The van der Waals surface area contributed by atoms with Crippen molar-refractivity contribution >= 4 is 0 Å². The Labute approximate surface area is 84.1 Å². The minimum absolute atomic E-state index is 0.123. The van der Waals surface area contributed by atoms with E-state index in [4.69, 9.17) is 5.73 Å². The predicted molar refractivity (Wildman–Crippen MR) is 55.7 cm³/mol. The zero-order chi connectivity index (χ0) is 10.1. The lowest BCUT2D eigenvalue weighted by molar-refractivity contribution is 0.399. The van der Waals surface area contributed by atoms with Crippen LogP contribution in [0.3, 0.4) is 0 Å². The molecule has 0 radical (unpaired) electrons. The zero-order valence-electron chi connectivity index (χ0n) is 8.46. The van der Waals surface area contributed by atoms with Crippen molar-refractivity contribution < 1.29 is 4.39 Å². The summed E-state index contributed by atoms with van der Waals surface area (Å²) in [6.45, 7) is 2.92. The van der Waals surface area contributed by atoms with Crippen LogP contribution in [0.15, 0.2) is 18.2 Å². The van der Waals surface area contributed by atoms with Crippen molar-refractivity contribution in [3.63, 3.8) is 0 Å². The van der Waals surface area contributed by atoms with Gasteiger partial charge in [-0.05, 0) is 54.5 Å². The van der Waals surface area contributed by atoms with Crippen LogP contribution in [-0.2, 0) is 6.42 Å². The lowest BCUT2D eigenvalue weighted by atomic mass is 9.76. The number of benzene rings is 1. The number of nitrogens with two attached hydrogens (primary N) is 1. The summed E-state index contributed by atoms with van der Waals surface area (Å²) in [5, 5.41) is 0. The molecule has 0 saturated heterocycles. The summed E-state index contributed by atoms with van der Waals surface area (Å²) in [6, 6.07) is 5.13. The fourth-order valence-electron chi connectivity index (χ4n) is 2.40. The second kappa shape index (κ2) is 3.70. The van der Waals surface area contributed by atoms with Gasteiger partial charge < -0.3 is 5.73 Å². The van der Waals surface area contributed by atoms with Crippen LogP contribution in [0.4, 0.5) is 4.39 Å². The standard InChI is InChI=1S/C12H16FN/c1-8-10(7-14)3-2-9-6-11(13)4-5-12(8)9/h4-6,8,10H,2-3,7,14H2,1H3. The molecule has 0 spiro atoms. The summed E-state index contributed by atoms with van der Waals surface area (Å²) in [7, 11) is 0. The summed E-state index contributed by atoms with van der Waals surface area (Å²) >= 11 is 0. The first-order chi connectivity index (χ1) is 6.72. The van der Waals surface area contributed by atoms with E-state index in [2.05, 4.69) is 6.92 Å². The maximum Gasteiger partial charge on any atom is 0.123 e. The highest BCUT2D eigenvalue weighted by Crippen LogP contribution is 2.35. The third-order valence-corrected chi connectivity index (χ3v) is 3.39. The van der Waals surface area contributed by atoms with Crippen molar-refractivity contribution in [1.29, 1.82) is 0 Å². The molecule has 2 rings (SSSR count). The highest BCUT2D eigenvalue weighted by Gasteiger charge is 2.24. The van der Waals surface area contributed by atoms with Gasteiger partial charge in [0.05, 0.1) is 0 Å². The van der Waals surface area contributed by atoms with E-state index >= 15 is 0 Å². The summed E-state index contributed by atoms with van der Waals surface area (Å²) in [5.74, 6) is 0.916. The number of rotatable bonds is 1. The average Bonchev–Trinajstić information content (AvgIpc) is 2.18. The molecule has 0 fully saturated rings. The van der Waals surface area contributed by atoms with Crippen molar-refractivity contribution in [3.05, 3.63) is 35.1 Å². The van der Waals surface area contributed by atoms with Crippen LogP contribution >= 0.6 is 0 Å². The van der Waals surface area contributed by atoms with Gasteiger partial charge in [0.2, 0.25) is 0 Å². The molecule has 0 aliphatic heterocycles. The monoisotopic (exact) mass is 193 g/mol. The average molecular weight is 193 g/mol. The van der Waals surface area contributed by atoms with Gasteiger partial charge >= 0.3 is 0 Å². The quantitative estimate of drug-likeness (QED) is 0.728. The Balaban J connectivity index is 2.36. The normalized spacial score (nSPS) is 25.9. The van der Waals surface area contributed by atoms with Crippen LogP contribution in [-0.4, -0.2) is 6.54 Å². The van der Waals surface area contributed by atoms with E-state index in [1.807, 2.05) is 6.07 Å². The van der Waals surface area contributed by atoms with E-state index in [0.717, 1.165) is 19.4 Å². The van der Waals surface area contributed by atoms with Crippen LogP contribution in [0.25, 0.3) is 0 Å². The molecular formula is C12H16FN. The van der Waals surface area contributed by atoms with Gasteiger partial charge in [-0.1, -0.05) is 13.0 Å². The smallest absolute Gasteiger partial charge is 0.123 e. The van der Waals surface area contributed by atoms with Crippen LogP contribution < -0.4 is 5.73 Å². The van der Waals surface area contributed by atoms with E-state index in [1.54, 1.807) is 12.1 Å². The molecule has 2 atom stereocenters. The summed E-state index contributed by atoms with van der Waals surface area (Å²) in [5.41, 5.74) is 8.16. The molecule has 1 aromatic rings. The molecule has 1 nitrogen and oxygen atoms in total. The number of aryl methyl sites for hydroxylation is 1. The summed E-state index contributed by atoms with van der Waals surface area (Å²) in [6.07, 6.45) is 2.06. The molecule has 0 aromatic heterocycles. The van der Waals surface area contributed by atoms with Gasteiger partial charge in [0.15, 0.2) is 0 Å². The number of hydrogen-bond acceptors (Lipinski definition) is 1. The van der Waals surface area contributed by atoms with Gasteiger partial charge in [-0.15, -0.1) is 0 Å². The van der Waals surface area contributed by atoms with E-state index in [0.29, 0.717) is 11.8 Å². The van der Waals surface area contributed by atoms with Crippen molar-refractivity contribution in [2.45, 2.75) is 25.7 Å². The van der Waals surface area contributed by atoms with Gasteiger partial charge in [-0.3, -0.25) is 0 Å². The molecule has 2 unspecified atom stereocenters. The molecule has 1 aliphatic rings. The van der Waals surface area contributed by atoms with Gasteiger partial charge in [0.1, 0.15) is 5.82 Å². The van der Waals surface area contributed by atoms with Crippen molar-refractivity contribution in [2.24, 2.45) is 11.7 Å². The topological polar surface area (TPSA) is 26.0 Å². The largest absolute Gasteiger partial charge is 0.330 e. The SMILES string of the molecule is CC1c2ccc(F)cc2CCC1CN. The lowest BCUT2D eigenvalue weighted by Crippen LogP contribution is -2.25. The maximum atomic E-state index is 13.0. The molecule has 0 heterocycles. The minimum Gasteiger partial charge on any atom is -0.330 e. The second-order valence-electron chi connectivity index (χ2n) is 4.17. The molecule has 14 heavy (non-hydrogen) atoms. The van der Waals surface area contributed by atoms with Gasteiger partial charge in [0.25, 0.3) is 0 Å². The molecule has 1 aliphatic carbocycles. The van der Waals surface area contributed by atoms with Gasteiger partial charge in [-0.2, -0.15) is 0 Å². The van der Waals surface area contributed by atoms with Crippen LogP contribution in [0.2, 0.25) is 0 Å². The Hall–Kier alpha value is -0.890. The second-order valence-corrected chi connectivity index (χ2v) is 4.17. The van der Waals surface area contributed by atoms with E-state index in [9.17, 15) is 4.39 Å². The Bertz CT molecular complexity index is 335. The van der Waals surface area contributed by atoms with Crippen LogP contribution in [0.1, 0.15) is 30.4 Å². The first kappa shape index (κ1) is 9.66. The molecule has 2 N–H and O–H groups in total. The van der Waals surface area contributed by atoms with Crippen LogP contribution in [0.5, 0.6) is 0 Å². The zero-order valence-corrected chi connectivity index (χ0v) is 8.46. The third kappa shape index (κ3) is 1.55. The fraction of sp³-hybridized carbons (Fsp3) is 0.500. The van der Waals surface area contributed by atoms with E-state index < -0.39 is 0 Å². The Morgan fingerprint density at radius 3 is 3.00 bits per heavy atom. The highest BCUT2D eigenvalue weighted by molar-refractivity contribution is 5.33. The summed E-state index contributed by atoms with van der Waals surface area (Å²) in [4.78, 5) is 0. The maximum absolute atomic E-state index is 13.0. The van der Waals surface area contributed by atoms with Crippen LogP contribution in [0, 0.1) is 11.7 Å². The van der Waals surface area contributed by atoms with Gasteiger partial charge in [0, 0.05) is 0 Å². The Morgan fingerprint density at radius 1 is 1.50 bits per heavy atom. The number of fused-ring (bicyclic) bond motifs is 1. The molecule has 2 heteroatoms. The fourth-order valence-corrected chi connectivity index (χ4v) is 2.40.